The van der Waals surface area contributed by atoms with Crippen molar-refractivity contribution in [3.05, 3.63) is 57.4 Å². The fourth-order valence-corrected chi connectivity index (χ4v) is 3.13. The molecule has 1 atom stereocenters. The maximum Gasteiger partial charge on any atom is 0.340 e. The summed E-state index contributed by atoms with van der Waals surface area (Å²) in [5.74, 6) is -0.337. The molecule has 0 bridgehead atoms. The Labute approximate surface area is 142 Å². The van der Waals surface area contributed by atoms with Crippen LogP contribution in [0.25, 0.3) is 11.5 Å². The van der Waals surface area contributed by atoms with Crippen molar-refractivity contribution in [3.63, 3.8) is 0 Å². The van der Waals surface area contributed by atoms with Crippen molar-refractivity contribution in [2.75, 3.05) is 0 Å². The average Bonchev–Trinajstić information content (AvgIpc) is 3.14. The van der Waals surface area contributed by atoms with Gasteiger partial charge in [0.2, 0.25) is 5.89 Å². The summed E-state index contributed by atoms with van der Waals surface area (Å²) >= 11 is 1.54. The van der Waals surface area contributed by atoms with Crippen LogP contribution >= 0.6 is 11.3 Å². The van der Waals surface area contributed by atoms with E-state index < -0.39 is 12.1 Å². The van der Waals surface area contributed by atoms with E-state index in [2.05, 4.69) is 10.2 Å². The third-order valence-electron chi connectivity index (χ3n) is 3.42. The van der Waals surface area contributed by atoms with Crippen LogP contribution in [0.2, 0.25) is 0 Å². The first-order chi connectivity index (χ1) is 11.4. The van der Waals surface area contributed by atoms with Gasteiger partial charge in [0.25, 0.3) is 5.89 Å². The standard InChI is InChI=1S/C17H15FN2O3S/c1-9-8-14(11(3)24-9)17(21)22-10(2)15-19-20-16(23-15)12-4-6-13(18)7-5-12/h4-8,10H,1-3H3/t10-/m1/s1. The number of hydrogen-bond acceptors (Lipinski definition) is 6. The number of carbonyl (C=O) groups excluding carboxylic acids is 1. The summed E-state index contributed by atoms with van der Waals surface area (Å²) in [6, 6.07) is 7.50. The van der Waals surface area contributed by atoms with E-state index in [4.69, 9.17) is 9.15 Å². The van der Waals surface area contributed by atoms with Crippen molar-refractivity contribution in [2.45, 2.75) is 26.9 Å². The van der Waals surface area contributed by atoms with Gasteiger partial charge in [0.15, 0.2) is 6.10 Å². The van der Waals surface area contributed by atoms with E-state index in [1.807, 2.05) is 13.8 Å². The third-order valence-corrected chi connectivity index (χ3v) is 4.39. The molecular weight excluding hydrogens is 331 g/mol. The molecule has 0 spiro atoms. The lowest BCUT2D eigenvalue weighted by Crippen LogP contribution is -2.09. The zero-order chi connectivity index (χ0) is 17.3. The highest BCUT2D eigenvalue weighted by atomic mass is 32.1. The molecule has 5 nitrogen and oxygen atoms in total. The zero-order valence-corrected chi connectivity index (χ0v) is 14.2. The maximum absolute atomic E-state index is 13.0. The van der Waals surface area contributed by atoms with Gasteiger partial charge < -0.3 is 9.15 Å². The van der Waals surface area contributed by atoms with Gasteiger partial charge in [-0.15, -0.1) is 21.5 Å². The molecule has 0 N–H and O–H groups in total. The predicted molar refractivity (Wildman–Crippen MR) is 87.3 cm³/mol. The first kappa shape index (κ1) is 16.3. The lowest BCUT2D eigenvalue weighted by Gasteiger charge is -2.08. The summed E-state index contributed by atoms with van der Waals surface area (Å²) in [5.41, 5.74) is 1.14. The first-order valence-electron chi connectivity index (χ1n) is 7.31. The largest absolute Gasteiger partial charge is 0.449 e. The van der Waals surface area contributed by atoms with Gasteiger partial charge in [-0.2, -0.15) is 0 Å². The van der Waals surface area contributed by atoms with E-state index in [1.54, 1.807) is 36.5 Å². The van der Waals surface area contributed by atoms with Gasteiger partial charge in [0, 0.05) is 15.3 Å². The van der Waals surface area contributed by atoms with Crippen molar-refractivity contribution in [2.24, 2.45) is 0 Å². The quantitative estimate of drug-likeness (QED) is 0.652. The Hall–Kier alpha value is -2.54. The van der Waals surface area contributed by atoms with E-state index in [9.17, 15) is 9.18 Å². The molecule has 0 unspecified atom stereocenters. The van der Waals surface area contributed by atoms with Crippen LogP contribution < -0.4 is 0 Å². The summed E-state index contributed by atoms with van der Waals surface area (Å²) in [7, 11) is 0. The van der Waals surface area contributed by atoms with E-state index in [0.717, 1.165) is 9.75 Å². The minimum atomic E-state index is -0.682. The Morgan fingerprint density at radius 3 is 2.58 bits per heavy atom. The van der Waals surface area contributed by atoms with Gasteiger partial charge in [0.05, 0.1) is 5.56 Å². The molecule has 3 aromatic rings. The van der Waals surface area contributed by atoms with Crippen molar-refractivity contribution in [1.29, 1.82) is 0 Å². The number of hydrogen-bond donors (Lipinski definition) is 0. The molecule has 124 valence electrons. The molecule has 0 radical (unpaired) electrons. The molecule has 0 saturated heterocycles. The van der Waals surface area contributed by atoms with Gasteiger partial charge in [-0.25, -0.2) is 9.18 Å². The Kier molecular flexibility index (Phi) is 4.44. The van der Waals surface area contributed by atoms with Crippen molar-refractivity contribution in [3.8, 4) is 11.5 Å². The molecule has 0 amide bonds. The van der Waals surface area contributed by atoms with Crippen LogP contribution in [0.1, 0.15) is 39.0 Å². The lowest BCUT2D eigenvalue weighted by atomic mass is 10.2. The average molecular weight is 346 g/mol. The van der Waals surface area contributed by atoms with Crippen LogP contribution in [-0.4, -0.2) is 16.2 Å². The Morgan fingerprint density at radius 1 is 1.25 bits per heavy atom. The van der Waals surface area contributed by atoms with Gasteiger partial charge >= 0.3 is 5.97 Å². The molecule has 24 heavy (non-hydrogen) atoms. The second-order valence-corrected chi connectivity index (χ2v) is 6.79. The highest BCUT2D eigenvalue weighted by Crippen LogP contribution is 2.26. The molecule has 7 heteroatoms. The number of thiophene rings is 1. The van der Waals surface area contributed by atoms with Crippen molar-refractivity contribution >= 4 is 17.3 Å². The van der Waals surface area contributed by atoms with Crippen molar-refractivity contribution in [1.82, 2.24) is 10.2 Å². The Morgan fingerprint density at radius 2 is 1.96 bits per heavy atom. The summed E-state index contributed by atoms with van der Waals surface area (Å²) in [6.45, 7) is 5.47. The van der Waals surface area contributed by atoms with Gasteiger partial charge in [0.1, 0.15) is 5.82 Å². The summed E-state index contributed by atoms with van der Waals surface area (Å²) < 4.78 is 23.9. The van der Waals surface area contributed by atoms with Crippen LogP contribution in [0.15, 0.2) is 34.7 Å². The third kappa shape index (κ3) is 3.35. The minimum Gasteiger partial charge on any atom is -0.449 e. The van der Waals surface area contributed by atoms with E-state index in [1.165, 1.54) is 12.1 Å². The number of esters is 1. The molecule has 3 rings (SSSR count). The second-order valence-electron chi connectivity index (χ2n) is 5.33. The maximum atomic E-state index is 13.0. The Bertz CT molecular complexity index is 870. The highest BCUT2D eigenvalue weighted by Gasteiger charge is 2.21. The van der Waals surface area contributed by atoms with Crippen LogP contribution in [-0.2, 0) is 4.74 Å². The molecule has 0 fully saturated rings. The molecule has 0 aliphatic heterocycles. The first-order valence-corrected chi connectivity index (χ1v) is 8.13. The molecular formula is C17H15FN2O3S. The molecule has 2 heterocycles. The fourth-order valence-electron chi connectivity index (χ4n) is 2.22. The number of benzene rings is 1. The number of nitrogens with zero attached hydrogens (tertiary/aromatic N) is 2. The smallest absolute Gasteiger partial charge is 0.340 e. The summed E-state index contributed by atoms with van der Waals surface area (Å²) in [5, 5.41) is 7.81. The molecule has 0 aliphatic carbocycles. The number of aromatic nitrogens is 2. The Balaban J connectivity index is 1.74. The van der Waals surface area contributed by atoms with Crippen LogP contribution in [0.5, 0.6) is 0 Å². The number of rotatable bonds is 4. The van der Waals surface area contributed by atoms with E-state index >= 15 is 0 Å². The summed E-state index contributed by atoms with van der Waals surface area (Å²) in [4.78, 5) is 14.2. The monoisotopic (exact) mass is 346 g/mol. The normalized spacial score (nSPS) is 12.2. The number of halogens is 1. The van der Waals surface area contributed by atoms with Gasteiger partial charge in [-0.3, -0.25) is 0 Å². The predicted octanol–water partition coefficient (Wildman–Crippen LogP) is 4.47. The van der Waals surface area contributed by atoms with Gasteiger partial charge in [-0.1, -0.05) is 0 Å². The van der Waals surface area contributed by atoms with E-state index in [-0.39, 0.29) is 17.6 Å². The van der Waals surface area contributed by atoms with E-state index in [0.29, 0.717) is 11.1 Å². The number of ether oxygens (including phenoxy) is 1. The molecule has 0 saturated carbocycles. The van der Waals surface area contributed by atoms with Crippen molar-refractivity contribution < 1.29 is 18.3 Å². The zero-order valence-electron chi connectivity index (χ0n) is 13.4. The SMILES string of the molecule is Cc1cc(C(=O)O[C@H](C)c2nnc(-c3ccc(F)cc3)o2)c(C)s1. The van der Waals surface area contributed by atoms with Gasteiger partial charge in [-0.05, 0) is 51.1 Å². The molecule has 2 aromatic heterocycles. The topological polar surface area (TPSA) is 65.2 Å². The fraction of sp³-hybridized carbons (Fsp3) is 0.235. The highest BCUT2D eigenvalue weighted by molar-refractivity contribution is 7.12. The van der Waals surface area contributed by atoms with Crippen LogP contribution in [0, 0.1) is 19.7 Å². The summed E-state index contributed by atoms with van der Waals surface area (Å²) in [6.07, 6.45) is -0.682. The van der Waals surface area contributed by atoms with Crippen LogP contribution in [0.3, 0.4) is 0 Å². The minimum absolute atomic E-state index is 0.187. The van der Waals surface area contributed by atoms with Crippen LogP contribution in [0.4, 0.5) is 4.39 Å². The number of aryl methyl sites for hydroxylation is 2. The molecule has 0 aliphatic rings. The number of carbonyl (C=O) groups is 1. The molecule has 1 aromatic carbocycles. The lowest BCUT2D eigenvalue weighted by molar-refractivity contribution is 0.0279. The second kappa shape index (κ2) is 6.52.